The summed E-state index contributed by atoms with van der Waals surface area (Å²) in [5.41, 5.74) is -0.299. The van der Waals surface area contributed by atoms with Crippen LogP contribution >= 0.6 is 12.2 Å². The van der Waals surface area contributed by atoms with E-state index in [2.05, 4.69) is 4.98 Å². The Morgan fingerprint density at radius 3 is 2.54 bits per heavy atom. The second-order valence-electron chi connectivity index (χ2n) is 8.99. The van der Waals surface area contributed by atoms with E-state index >= 15 is 0 Å². The number of aromatic nitrogens is 1. The normalized spacial score (nSPS) is 19.0. The van der Waals surface area contributed by atoms with Crippen molar-refractivity contribution in [3.8, 4) is 6.07 Å². The lowest BCUT2D eigenvalue weighted by atomic mass is 9.75. The average Bonchev–Trinajstić information content (AvgIpc) is 3.04. The number of amides is 2. The van der Waals surface area contributed by atoms with Crippen molar-refractivity contribution in [2.75, 3.05) is 16.3 Å². The summed E-state index contributed by atoms with van der Waals surface area (Å²) in [6, 6.07) is 7.91. The number of nitrogens with zero attached hydrogens (tertiary/aromatic N) is 5. The number of nitriles is 1. The third kappa shape index (κ3) is 3.55. The van der Waals surface area contributed by atoms with Gasteiger partial charge in [-0.25, -0.2) is 4.98 Å². The van der Waals surface area contributed by atoms with Gasteiger partial charge in [0.05, 0.1) is 17.4 Å². The molecule has 2 aliphatic heterocycles. The van der Waals surface area contributed by atoms with Crippen LogP contribution in [0, 0.1) is 11.3 Å². The van der Waals surface area contributed by atoms with E-state index in [1.807, 2.05) is 18.2 Å². The molecule has 2 fully saturated rings. The fourth-order valence-corrected chi connectivity index (χ4v) is 5.51. The first-order valence-corrected chi connectivity index (χ1v) is 11.5. The van der Waals surface area contributed by atoms with Crippen molar-refractivity contribution in [3.63, 3.8) is 0 Å². The van der Waals surface area contributed by atoms with Crippen molar-refractivity contribution in [1.29, 1.82) is 5.26 Å². The number of rotatable bonds is 2. The zero-order valence-electron chi connectivity index (χ0n) is 18.7. The molecule has 180 valence electrons. The molecule has 0 radical (unpaired) electrons. The van der Waals surface area contributed by atoms with Gasteiger partial charge in [0.1, 0.15) is 11.6 Å². The molecule has 1 spiro atoms. The third-order valence-corrected chi connectivity index (χ3v) is 7.41. The zero-order valence-corrected chi connectivity index (χ0v) is 19.5. The second-order valence-corrected chi connectivity index (χ2v) is 9.35. The van der Waals surface area contributed by atoms with Crippen LogP contribution in [0.3, 0.4) is 0 Å². The number of carbonyl (C=O) groups excluding carboxylic acids is 2. The Morgan fingerprint density at radius 2 is 1.94 bits per heavy atom. The van der Waals surface area contributed by atoms with Crippen molar-refractivity contribution in [2.45, 2.75) is 50.9 Å². The molecule has 1 aromatic heterocycles. The quantitative estimate of drug-likeness (QED) is 0.583. The first-order valence-electron chi connectivity index (χ1n) is 11.1. The Balaban J connectivity index is 1.54. The van der Waals surface area contributed by atoms with Crippen LogP contribution in [-0.4, -0.2) is 38.9 Å². The van der Waals surface area contributed by atoms with Crippen molar-refractivity contribution in [1.82, 2.24) is 9.88 Å². The molecule has 35 heavy (non-hydrogen) atoms. The third-order valence-electron chi connectivity index (χ3n) is 7.04. The van der Waals surface area contributed by atoms with Crippen LogP contribution in [0.15, 0.2) is 30.5 Å². The number of hydrogen-bond acceptors (Lipinski definition) is 5. The minimum atomic E-state index is -4.81. The predicted molar refractivity (Wildman–Crippen MR) is 124 cm³/mol. The van der Waals surface area contributed by atoms with Crippen molar-refractivity contribution >= 4 is 40.5 Å². The van der Waals surface area contributed by atoms with Gasteiger partial charge in [-0.15, -0.1) is 0 Å². The maximum Gasteiger partial charge on any atom is 0.419 e. The van der Waals surface area contributed by atoms with E-state index in [9.17, 15) is 22.8 Å². The van der Waals surface area contributed by atoms with Gasteiger partial charge in [-0.2, -0.15) is 18.4 Å². The van der Waals surface area contributed by atoms with Gasteiger partial charge in [0.2, 0.25) is 5.91 Å². The molecule has 1 aliphatic carbocycles. The highest BCUT2D eigenvalue weighted by Crippen LogP contribution is 2.48. The summed E-state index contributed by atoms with van der Waals surface area (Å²) < 4.78 is 40.6. The maximum absolute atomic E-state index is 13.6. The fraction of sp³-hybridized carbons (Fsp3) is 0.375. The molecule has 0 bridgehead atoms. The number of halogens is 3. The van der Waals surface area contributed by atoms with Crippen molar-refractivity contribution < 1.29 is 22.8 Å². The van der Waals surface area contributed by atoms with Crippen molar-refractivity contribution in [2.24, 2.45) is 0 Å². The largest absolute Gasteiger partial charge is 0.419 e. The first kappa shape index (κ1) is 23.2. The summed E-state index contributed by atoms with van der Waals surface area (Å²) >= 11 is 5.66. The van der Waals surface area contributed by atoms with E-state index in [1.165, 1.54) is 13.0 Å². The van der Waals surface area contributed by atoms with E-state index in [-0.39, 0.29) is 16.7 Å². The van der Waals surface area contributed by atoms with Crippen molar-refractivity contribution in [3.05, 3.63) is 52.8 Å². The van der Waals surface area contributed by atoms with E-state index in [1.54, 1.807) is 9.80 Å². The number of pyridine rings is 1. The van der Waals surface area contributed by atoms with Gasteiger partial charge < -0.3 is 9.80 Å². The van der Waals surface area contributed by atoms with Gasteiger partial charge in [0, 0.05) is 25.7 Å². The number of hydrogen-bond donors (Lipinski definition) is 0. The van der Waals surface area contributed by atoms with Crippen LogP contribution in [0.5, 0.6) is 0 Å². The van der Waals surface area contributed by atoms with Gasteiger partial charge in [-0.1, -0.05) is 6.07 Å². The number of fused-ring (bicyclic) bond motifs is 1. The molecule has 1 aromatic carbocycles. The molecule has 1 saturated carbocycles. The Kier molecular flexibility index (Phi) is 5.32. The smallest absolute Gasteiger partial charge is 0.338 e. The summed E-state index contributed by atoms with van der Waals surface area (Å²) in [6.45, 7) is 2.62. The van der Waals surface area contributed by atoms with Crippen LogP contribution in [0.25, 0.3) is 0 Å². The minimum absolute atomic E-state index is 0.00404. The minimum Gasteiger partial charge on any atom is -0.338 e. The lowest BCUT2D eigenvalue weighted by molar-refractivity contribution is -0.138. The van der Waals surface area contributed by atoms with Gasteiger partial charge >= 0.3 is 6.18 Å². The molecule has 3 heterocycles. The fourth-order valence-electron chi connectivity index (χ4n) is 5.04. The number of alkyl halides is 3. The molecule has 2 aromatic rings. The topological polar surface area (TPSA) is 80.5 Å². The SMILES string of the molecule is CC(=O)N1CCc2cc(N3C(=S)N(c4cnc(C#N)c(C(F)(F)F)c4)C(=O)C34CCC4)ccc2C1. The van der Waals surface area contributed by atoms with Gasteiger partial charge in [0.25, 0.3) is 5.91 Å². The second kappa shape index (κ2) is 8.02. The molecule has 0 unspecified atom stereocenters. The summed E-state index contributed by atoms with van der Waals surface area (Å²) in [5.74, 6) is -0.391. The highest BCUT2D eigenvalue weighted by atomic mass is 32.1. The summed E-state index contributed by atoms with van der Waals surface area (Å²) in [5, 5.41) is 9.14. The Morgan fingerprint density at radius 1 is 1.20 bits per heavy atom. The summed E-state index contributed by atoms with van der Waals surface area (Å²) in [6.07, 6.45) is -1.24. The summed E-state index contributed by atoms with van der Waals surface area (Å²) in [7, 11) is 0. The number of benzene rings is 1. The average molecular weight is 500 g/mol. The molecule has 3 aliphatic rings. The van der Waals surface area contributed by atoms with Crippen LogP contribution in [0.1, 0.15) is 48.6 Å². The maximum atomic E-state index is 13.6. The lowest BCUT2D eigenvalue weighted by Gasteiger charge is -2.43. The van der Waals surface area contributed by atoms with Gasteiger partial charge in [-0.3, -0.25) is 14.5 Å². The number of carbonyl (C=O) groups is 2. The van der Waals surface area contributed by atoms with E-state index in [0.29, 0.717) is 38.0 Å². The molecule has 0 N–H and O–H groups in total. The lowest BCUT2D eigenvalue weighted by Crippen LogP contribution is -2.55. The molecule has 11 heteroatoms. The molecule has 1 saturated heterocycles. The summed E-state index contributed by atoms with van der Waals surface area (Å²) in [4.78, 5) is 33.6. The monoisotopic (exact) mass is 499 g/mol. The predicted octanol–water partition coefficient (Wildman–Crippen LogP) is 3.94. The molecule has 0 atom stereocenters. The highest BCUT2D eigenvalue weighted by Gasteiger charge is 2.59. The number of thiocarbonyl (C=S) groups is 1. The van der Waals surface area contributed by atoms with Crippen LogP contribution in [-0.2, 0) is 28.7 Å². The van der Waals surface area contributed by atoms with Gasteiger partial charge in [-0.05, 0) is 67.2 Å². The molecule has 5 rings (SSSR count). The van der Waals surface area contributed by atoms with Crippen LogP contribution in [0.4, 0.5) is 24.5 Å². The van der Waals surface area contributed by atoms with E-state index in [0.717, 1.165) is 34.7 Å². The van der Waals surface area contributed by atoms with Crippen LogP contribution < -0.4 is 9.80 Å². The zero-order chi connectivity index (χ0) is 25.1. The standard InChI is InChI=1S/C24H20F3N5O2S/c1-14(33)30-8-5-15-9-17(4-3-16(15)13-30)32-22(35)31(21(34)23(32)6-2-7-23)18-10-19(24(25,26)27)20(11-28)29-12-18/h3-4,9-10,12H,2,5-8,13H2,1H3. The number of anilines is 2. The first-order chi connectivity index (χ1) is 16.6. The van der Waals surface area contributed by atoms with E-state index in [4.69, 9.17) is 17.5 Å². The Hall–Kier alpha value is -3.52. The molecular weight excluding hydrogens is 479 g/mol. The molecule has 2 amide bonds. The Bertz CT molecular complexity index is 1320. The van der Waals surface area contributed by atoms with E-state index < -0.39 is 28.9 Å². The molecule has 7 nitrogen and oxygen atoms in total. The molecular formula is C24H20F3N5O2S. The van der Waals surface area contributed by atoms with Crippen LogP contribution in [0.2, 0.25) is 0 Å². The Labute approximate surface area is 204 Å². The highest BCUT2D eigenvalue weighted by molar-refractivity contribution is 7.81. The van der Waals surface area contributed by atoms with Gasteiger partial charge in [0.15, 0.2) is 10.8 Å².